The number of hydrogen-bond donors (Lipinski definition) is 2. The smallest absolute Gasteiger partial charge is 0.339 e. The quantitative estimate of drug-likeness (QED) is 0.135. The average Bonchev–Trinajstić information content (AvgIpc) is 3.33. The fourth-order valence-corrected chi connectivity index (χ4v) is 5.79. The molecular weight excluding hydrogens is 564 g/mol. The molecule has 1 aromatic carbocycles. The van der Waals surface area contributed by atoms with Crippen molar-refractivity contribution in [2.24, 2.45) is 0 Å². The number of nitrogens with one attached hydrogen (secondary N) is 1. The van der Waals surface area contributed by atoms with Crippen LogP contribution < -0.4 is 0 Å². The van der Waals surface area contributed by atoms with Crippen molar-refractivity contribution in [3.63, 3.8) is 0 Å². The number of nitrogens with zero attached hydrogens (tertiary/aromatic N) is 2. The molecule has 9 heteroatoms. The summed E-state index contributed by atoms with van der Waals surface area (Å²) in [5.41, 5.74) is 3.55. The first kappa shape index (κ1) is 24.6. The highest BCUT2D eigenvalue weighted by Gasteiger charge is 2.30. The number of H-pyrrole nitrogens is 1. The van der Waals surface area contributed by atoms with E-state index < -0.39 is 19.9 Å². The molecule has 0 unspecified atom stereocenters. The number of pyridine rings is 1. The Morgan fingerprint density at radius 2 is 1.97 bits per heavy atom. The number of fused-ring (bicyclic) bond motifs is 1. The summed E-state index contributed by atoms with van der Waals surface area (Å²) in [6, 6.07) is 9.59. The average molecular weight is 591 g/mol. The van der Waals surface area contributed by atoms with Gasteiger partial charge < -0.3 is 19.4 Å². The molecule has 0 fully saturated rings. The molecule has 34 heavy (non-hydrogen) atoms. The molecule has 0 radical (unpaired) electrons. The van der Waals surface area contributed by atoms with Crippen LogP contribution in [0.25, 0.3) is 33.5 Å². The van der Waals surface area contributed by atoms with Gasteiger partial charge in [-0.25, -0.2) is 14.2 Å². The summed E-state index contributed by atoms with van der Waals surface area (Å²) >= 11 is 2.05. The molecule has 178 valence electrons. The topological polar surface area (TPSA) is 80.1 Å². The standard InChI is InChI=1S/C25H27FIN3O3Si/c1-15-5-6-18(19(26)13-15)22-20(25(31)32)21(27)23(30(22)14-33-11-12-34(2,3)4)16-7-9-28-24-17(16)8-10-29-24/h5-10,13H,11-12,14H2,1-4H3,(H,28,29)(H,31,32). The highest BCUT2D eigenvalue weighted by atomic mass is 127. The maximum absolute atomic E-state index is 15.2. The Morgan fingerprint density at radius 1 is 1.21 bits per heavy atom. The zero-order valence-corrected chi connectivity index (χ0v) is 22.7. The Bertz CT molecular complexity index is 1370. The van der Waals surface area contributed by atoms with Gasteiger partial charge in [-0.05, 0) is 65.4 Å². The van der Waals surface area contributed by atoms with E-state index in [2.05, 4.69) is 52.2 Å². The van der Waals surface area contributed by atoms with Crippen LogP contribution >= 0.6 is 22.6 Å². The van der Waals surface area contributed by atoms with Crippen molar-refractivity contribution in [3.05, 3.63) is 63.2 Å². The number of aromatic amines is 1. The molecule has 0 spiro atoms. The number of carboxylic acids is 1. The first-order valence-corrected chi connectivity index (χ1v) is 15.8. The molecule has 4 rings (SSSR count). The minimum Gasteiger partial charge on any atom is -0.478 e. The molecule has 0 aliphatic heterocycles. The molecule has 0 saturated carbocycles. The summed E-state index contributed by atoms with van der Waals surface area (Å²) in [6.45, 7) is 9.29. The van der Waals surface area contributed by atoms with E-state index in [4.69, 9.17) is 4.74 Å². The molecule has 0 saturated heterocycles. The summed E-state index contributed by atoms with van der Waals surface area (Å²) < 4.78 is 23.6. The van der Waals surface area contributed by atoms with Gasteiger partial charge in [0.15, 0.2) is 0 Å². The molecule has 3 aromatic heterocycles. The monoisotopic (exact) mass is 591 g/mol. The van der Waals surface area contributed by atoms with Crippen LogP contribution in [-0.4, -0.2) is 40.3 Å². The van der Waals surface area contributed by atoms with Gasteiger partial charge in [0.05, 0.1) is 20.5 Å². The first-order chi connectivity index (χ1) is 16.1. The number of halogens is 2. The SMILES string of the molecule is Cc1ccc(-c2c(C(=O)O)c(I)c(-c3ccnc4[nH]ccc34)n2COCC[Si](C)(C)C)c(F)c1. The van der Waals surface area contributed by atoms with E-state index in [-0.39, 0.29) is 17.9 Å². The van der Waals surface area contributed by atoms with Crippen molar-refractivity contribution >= 4 is 47.7 Å². The lowest BCUT2D eigenvalue weighted by molar-refractivity contribution is 0.0695. The molecule has 4 aromatic rings. The van der Waals surface area contributed by atoms with E-state index in [9.17, 15) is 9.90 Å². The minimum atomic E-state index is -1.32. The molecular formula is C25H27FIN3O3Si. The lowest BCUT2D eigenvalue weighted by atomic mass is 10.1. The fraction of sp³-hybridized carbons (Fsp3) is 0.280. The lowest BCUT2D eigenvalue weighted by Crippen LogP contribution is -2.22. The molecule has 0 aliphatic carbocycles. The third-order valence-corrected chi connectivity index (χ3v) is 8.48. The Kier molecular flexibility index (Phi) is 6.97. The predicted octanol–water partition coefficient (Wildman–Crippen LogP) is 6.76. The van der Waals surface area contributed by atoms with Crippen molar-refractivity contribution in [1.82, 2.24) is 14.5 Å². The first-order valence-electron chi connectivity index (χ1n) is 11.0. The van der Waals surface area contributed by atoms with Crippen LogP contribution in [0, 0.1) is 16.3 Å². The van der Waals surface area contributed by atoms with E-state index in [1.165, 1.54) is 6.07 Å². The van der Waals surface area contributed by atoms with Gasteiger partial charge in [-0.2, -0.15) is 0 Å². The summed E-state index contributed by atoms with van der Waals surface area (Å²) in [6.07, 6.45) is 3.48. The Hall–Kier alpha value is -2.50. The summed E-state index contributed by atoms with van der Waals surface area (Å²) in [7, 11) is -1.32. The van der Waals surface area contributed by atoms with Crippen LogP contribution in [-0.2, 0) is 11.5 Å². The van der Waals surface area contributed by atoms with Gasteiger partial charge in [-0.15, -0.1) is 0 Å². The second-order valence-electron chi connectivity index (χ2n) is 9.55. The number of ether oxygens (including phenoxy) is 1. The second-order valence-corrected chi connectivity index (χ2v) is 16.2. The van der Waals surface area contributed by atoms with Crippen LogP contribution in [0.1, 0.15) is 15.9 Å². The number of aryl methyl sites for hydroxylation is 1. The molecule has 6 nitrogen and oxygen atoms in total. The van der Waals surface area contributed by atoms with Gasteiger partial charge in [-0.3, -0.25) is 0 Å². The van der Waals surface area contributed by atoms with E-state index in [0.717, 1.165) is 22.6 Å². The molecule has 0 bridgehead atoms. The maximum Gasteiger partial charge on any atom is 0.339 e. The molecule has 2 N–H and O–H groups in total. The number of benzene rings is 1. The van der Waals surface area contributed by atoms with E-state index in [1.807, 2.05) is 12.1 Å². The van der Waals surface area contributed by atoms with Gasteiger partial charge in [0.1, 0.15) is 18.2 Å². The van der Waals surface area contributed by atoms with Crippen LogP contribution in [0.2, 0.25) is 25.7 Å². The number of carboxylic acid groups (broad SMARTS) is 1. The predicted molar refractivity (Wildman–Crippen MR) is 143 cm³/mol. The second kappa shape index (κ2) is 9.63. The highest BCUT2D eigenvalue weighted by molar-refractivity contribution is 14.1. The molecule has 0 amide bonds. The minimum absolute atomic E-state index is 0.0626. The van der Waals surface area contributed by atoms with Crippen molar-refractivity contribution in [1.29, 1.82) is 0 Å². The molecule has 3 heterocycles. The summed E-state index contributed by atoms with van der Waals surface area (Å²) in [5.74, 6) is -1.58. The number of aromatic nitrogens is 3. The van der Waals surface area contributed by atoms with Gasteiger partial charge in [0.2, 0.25) is 0 Å². The third kappa shape index (κ3) is 4.82. The number of aromatic carboxylic acids is 1. The molecule has 0 atom stereocenters. The fourth-order valence-electron chi connectivity index (χ4n) is 3.97. The summed E-state index contributed by atoms with van der Waals surface area (Å²) in [4.78, 5) is 19.9. The Balaban J connectivity index is 1.96. The highest BCUT2D eigenvalue weighted by Crippen LogP contribution is 2.41. The van der Waals surface area contributed by atoms with Crippen LogP contribution in [0.3, 0.4) is 0 Å². The summed E-state index contributed by atoms with van der Waals surface area (Å²) in [5, 5.41) is 11.1. The van der Waals surface area contributed by atoms with Crippen molar-refractivity contribution in [2.45, 2.75) is 39.3 Å². The normalized spacial score (nSPS) is 11.9. The zero-order valence-electron chi connectivity index (χ0n) is 19.6. The van der Waals surface area contributed by atoms with Crippen LogP contribution in [0.4, 0.5) is 4.39 Å². The van der Waals surface area contributed by atoms with Gasteiger partial charge in [-0.1, -0.05) is 25.7 Å². The van der Waals surface area contributed by atoms with E-state index in [1.54, 1.807) is 36.0 Å². The van der Waals surface area contributed by atoms with Gasteiger partial charge in [0, 0.05) is 43.6 Å². The Labute approximate surface area is 212 Å². The third-order valence-electron chi connectivity index (χ3n) is 5.73. The number of hydrogen-bond acceptors (Lipinski definition) is 3. The number of rotatable bonds is 8. The largest absolute Gasteiger partial charge is 0.478 e. The lowest BCUT2D eigenvalue weighted by Gasteiger charge is -2.18. The van der Waals surface area contributed by atoms with Crippen molar-refractivity contribution in [3.8, 4) is 22.5 Å². The maximum atomic E-state index is 15.2. The van der Waals surface area contributed by atoms with Crippen LogP contribution in [0.15, 0.2) is 42.7 Å². The van der Waals surface area contributed by atoms with Crippen LogP contribution in [0.5, 0.6) is 0 Å². The zero-order chi connectivity index (χ0) is 24.6. The van der Waals surface area contributed by atoms with Gasteiger partial charge >= 0.3 is 5.97 Å². The van der Waals surface area contributed by atoms with Gasteiger partial charge in [0.25, 0.3) is 0 Å². The van der Waals surface area contributed by atoms with Crippen molar-refractivity contribution < 1.29 is 19.0 Å². The Morgan fingerprint density at radius 3 is 2.65 bits per heavy atom. The number of carbonyl (C=O) groups is 1. The van der Waals surface area contributed by atoms with Crippen molar-refractivity contribution in [2.75, 3.05) is 6.61 Å². The van der Waals surface area contributed by atoms with E-state index >= 15 is 4.39 Å². The molecule has 0 aliphatic rings. The van der Waals surface area contributed by atoms with E-state index in [0.29, 0.717) is 27.2 Å².